The summed E-state index contributed by atoms with van der Waals surface area (Å²) in [4.78, 5) is 31.9. The third kappa shape index (κ3) is 3.78. The number of aromatic nitrogens is 1. The first-order chi connectivity index (χ1) is 13.5. The first-order valence-electron chi connectivity index (χ1n) is 9.53. The molecule has 0 aliphatic carbocycles. The number of fused-ring (bicyclic) bond motifs is 1. The summed E-state index contributed by atoms with van der Waals surface area (Å²) in [6, 6.07) is 13.4. The Kier molecular flexibility index (Phi) is 5.13. The molecular formula is C22H23N3O2S. The van der Waals surface area contributed by atoms with E-state index in [0.717, 1.165) is 27.8 Å². The van der Waals surface area contributed by atoms with Gasteiger partial charge in [-0.25, -0.2) is 4.98 Å². The average Bonchev–Trinajstić information content (AvgIpc) is 3.29. The van der Waals surface area contributed by atoms with Crippen LogP contribution < -0.4 is 5.32 Å². The van der Waals surface area contributed by atoms with E-state index in [-0.39, 0.29) is 11.8 Å². The van der Waals surface area contributed by atoms with Gasteiger partial charge in [-0.05, 0) is 49.4 Å². The number of thiazole rings is 1. The predicted octanol–water partition coefficient (Wildman–Crippen LogP) is 4.09. The van der Waals surface area contributed by atoms with Crippen LogP contribution in [0.15, 0.2) is 42.5 Å². The molecule has 28 heavy (non-hydrogen) atoms. The number of amides is 2. The fourth-order valence-corrected chi connectivity index (χ4v) is 4.87. The molecule has 1 fully saturated rings. The van der Waals surface area contributed by atoms with Crippen molar-refractivity contribution in [3.63, 3.8) is 0 Å². The van der Waals surface area contributed by atoms with Gasteiger partial charge in [-0.2, -0.15) is 0 Å². The molecule has 1 aliphatic rings. The van der Waals surface area contributed by atoms with Crippen molar-refractivity contribution in [3.05, 3.63) is 59.2 Å². The second kappa shape index (κ2) is 7.72. The number of carbonyl (C=O) groups is 2. The number of aryl methyl sites for hydroxylation is 2. The van der Waals surface area contributed by atoms with Crippen molar-refractivity contribution in [1.82, 2.24) is 9.88 Å². The zero-order chi connectivity index (χ0) is 19.7. The van der Waals surface area contributed by atoms with Crippen LogP contribution in [-0.2, 0) is 16.0 Å². The molecule has 4 rings (SSSR count). The monoisotopic (exact) mass is 393 g/mol. The largest absolute Gasteiger partial charge is 0.330 e. The lowest BCUT2D eigenvalue weighted by molar-refractivity contribution is -0.136. The van der Waals surface area contributed by atoms with E-state index >= 15 is 0 Å². The molecule has 1 aromatic heterocycles. The van der Waals surface area contributed by atoms with Crippen LogP contribution in [0.1, 0.15) is 29.5 Å². The highest BCUT2D eigenvalue weighted by Gasteiger charge is 2.34. The third-order valence-electron chi connectivity index (χ3n) is 5.13. The predicted molar refractivity (Wildman–Crippen MR) is 113 cm³/mol. The van der Waals surface area contributed by atoms with Gasteiger partial charge in [0, 0.05) is 6.54 Å². The molecule has 1 atom stereocenters. The van der Waals surface area contributed by atoms with E-state index < -0.39 is 6.04 Å². The SMILES string of the molecule is Cc1cc(C)c2nc(NC(=O)C3CCCN3C(=O)Cc3ccccc3)sc2c1. The molecule has 2 amide bonds. The minimum absolute atomic E-state index is 0.000353. The molecule has 1 saturated heterocycles. The smallest absolute Gasteiger partial charge is 0.248 e. The molecule has 1 N–H and O–H groups in total. The molecule has 6 heteroatoms. The van der Waals surface area contributed by atoms with E-state index in [2.05, 4.69) is 29.4 Å². The fourth-order valence-electron chi connectivity index (χ4n) is 3.82. The maximum atomic E-state index is 12.9. The second-order valence-corrected chi connectivity index (χ2v) is 8.38. The van der Waals surface area contributed by atoms with Gasteiger partial charge in [0.2, 0.25) is 11.8 Å². The Morgan fingerprint density at radius 3 is 2.79 bits per heavy atom. The standard InChI is InChI=1S/C22H23N3O2S/c1-14-11-15(2)20-18(12-14)28-22(23-20)24-21(27)17-9-6-10-25(17)19(26)13-16-7-4-3-5-8-16/h3-5,7-8,11-12,17H,6,9-10,13H2,1-2H3,(H,23,24,27). The van der Waals surface area contributed by atoms with Gasteiger partial charge >= 0.3 is 0 Å². The van der Waals surface area contributed by atoms with Crippen LogP contribution in [0.3, 0.4) is 0 Å². The minimum Gasteiger partial charge on any atom is -0.330 e. The molecule has 5 nitrogen and oxygen atoms in total. The number of anilines is 1. The Morgan fingerprint density at radius 2 is 2.00 bits per heavy atom. The number of hydrogen-bond acceptors (Lipinski definition) is 4. The lowest BCUT2D eigenvalue weighted by Gasteiger charge is -2.23. The summed E-state index contributed by atoms with van der Waals surface area (Å²) < 4.78 is 1.07. The lowest BCUT2D eigenvalue weighted by atomic mass is 10.1. The van der Waals surface area contributed by atoms with Crippen LogP contribution in [0.4, 0.5) is 5.13 Å². The average molecular weight is 394 g/mol. The van der Waals surface area contributed by atoms with Crippen molar-refractivity contribution in [2.75, 3.05) is 11.9 Å². The maximum absolute atomic E-state index is 12.9. The normalized spacial score (nSPS) is 16.5. The molecular weight excluding hydrogens is 370 g/mol. The van der Waals surface area contributed by atoms with E-state index in [1.807, 2.05) is 37.3 Å². The zero-order valence-corrected chi connectivity index (χ0v) is 16.9. The molecule has 0 spiro atoms. The molecule has 1 unspecified atom stereocenters. The Morgan fingerprint density at radius 1 is 1.21 bits per heavy atom. The zero-order valence-electron chi connectivity index (χ0n) is 16.1. The molecule has 2 heterocycles. The van der Waals surface area contributed by atoms with Gasteiger partial charge in [0.25, 0.3) is 0 Å². The van der Waals surface area contributed by atoms with Gasteiger partial charge in [-0.15, -0.1) is 0 Å². The number of hydrogen-bond donors (Lipinski definition) is 1. The summed E-state index contributed by atoms with van der Waals surface area (Å²) in [6.07, 6.45) is 1.86. The highest BCUT2D eigenvalue weighted by Crippen LogP contribution is 2.30. The van der Waals surface area contributed by atoms with Gasteiger partial charge < -0.3 is 10.2 Å². The van der Waals surface area contributed by atoms with E-state index in [9.17, 15) is 9.59 Å². The van der Waals surface area contributed by atoms with Crippen molar-refractivity contribution in [2.45, 2.75) is 39.2 Å². The van der Waals surface area contributed by atoms with Gasteiger partial charge in [-0.1, -0.05) is 47.7 Å². The van der Waals surface area contributed by atoms with Gasteiger partial charge in [0.05, 0.1) is 16.6 Å². The van der Waals surface area contributed by atoms with Crippen molar-refractivity contribution in [3.8, 4) is 0 Å². The number of rotatable bonds is 4. The molecule has 3 aromatic rings. The highest BCUT2D eigenvalue weighted by molar-refractivity contribution is 7.22. The third-order valence-corrected chi connectivity index (χ3v) is 6.05. The molecule has 0 saturated carbocycles. The minimum atomic E-state index is -0.425. The molecule has 1 aliphatic heterocycles. The maximum Gasteiger partial charge on any atom is 0.248 e. The summed E-state index contributed by atoms with van der Waals surface area (Å²) in [5, 5.41) is 3.54. The first kappa shape index (κ1) is 18.6. The molecule has 2 aromatic carbocycles. The van der Waals surface area contributed by atoms with Crippen molar-refractivity contribution in [2.24, 2.45) is 0 Å². The summed E-state index contributed by atoms with van der Waals surface area (Å²) in [5.74, 6) is -0.146. The number of benzene rings is 2. The highest BCUT2D eigenvalue weighted by atomic mass is 32.1. The molecule has 144 valence electrons. The summed E-state index contributed by atoms with van der Waals surface area (Å²) in [6.45, 7) is 4.71. The number of carbonyl (C=O) groups excluding carboxylic acids is 2. The topological polar surface area (TPSA) is 62.3 Å². The van der Waals surface area contributed by atoms with Gasteiger partial charge in [-0.3, -0.25) is 9.59 Å². The lowest BCUT2D eigenvalue weighted by Crippen LogP contribution is -2.43. The van der Waals surface area contributed by atoms with Crippen LogP contribution in [0, 0.1) is 13.8 Å². The summed E-state index contributed by atoms with van der Waals surface area (Å²) >= 11 is 1.48. The van der Waals surface area contributed by atoms with E-state index in [1.165, 1.54) is 16.9 Å². The Labute approximate surface area is 168 Å². The fraction of sp³-hybridized carbons (Fsp3) is 0.318. The number of nitrogens with zero attached hydrogens (tertiary/aromatic N) is 2. The van der Waals surface area contributed by atoms with Crippen LogP contribution in [-0.4, -0.2) is 34.3 Å². The van der Waals surface area contributed by atoms with Crippen molar-refractivity contribution in [1.29, 1.82) is 0 Å². The van der Waals surface area contributed by atoms with Gasteiger partial charge in [0.1, 0.15) is 6.04 Å². The van der Waals surface area contributed by atoms with E-state index in [4.69, 9.17) is 0 Å². The summed E-state index contributed by atoms with van der Waals surface area (Å²) in [5.41, 5.74) is 4.18. The number of nitrogens with one attached hydrogen (secondary N) is 1. The van der Waals surface area contributed by atoms with Crippen LogP contribution >= 0.6 is 11.3 Å². The Hall–Kier alpha value is -2.73. The Bertz CT molecular complexity index is 1030. The van der Waals surface area contributed by atoms with E-state index in [1.54, 1.807) is 4.90 Å². The molecule has 0 radical (unpaired) electrons. The van der Waals surface area contributed by atoms with Crippen LogP contribution in [0.5, 0.6) is 0 Å². The Balaban J connectivity index is 1.48. The van der Waals surface area contributed by atoms with Crippen LogP contribution in [0.2, 0.25) is 0 Å². The van der Waals surface area contributed by atoms with Crippen molar-refractivity contribution >= 4 is 38.5 Å². The second-order valence-electron chi connectivity index (χ2n) is 7.34. The summed E-state index contributed by atoms with van der Waals surface area (Å²) in [7, 11) is 0. The quantitative estimate of drug-likeness (QED) is 0.726. The molecule has 0 bridgehead atoms. The van der Waals surface area contributed by atoms with Gasteiger partial charge in [0.15, 0.2) is 5.13 Å². The van der Waals surface area contributed by atoms with Crippen LogP contribution in [0.25, 0.3) is 10.2 Å². The van der Waals surface area contributed by atoms with E-state index in [0.29, 0.717) is 24.5 Å². The number of likely N-dealkylation sites (tertiary alicyclic amines) is 1. The van der Waals surface area contributed by atoms with Crippen molar-refractivity contribution < 1.29 is 9.59 Å². The first-order valence-corrected chi connectivity index (χ1v) is 10.3.